The Morgan fingerprint density at radius 2 is 2.03 bits per heavy atom. The van der Waals surface area contributed by atoms with Crippen LogP contribution in [0.2, 0.25) is 0 Å². The molecule has 2 aromatic carbocycles. The van der Waals surface area contributed by atoms with Gasteiger partial charge in [-0.1, -0.05) is 36.4 Å². The summed E-state index contributed by atoms with van der Waals surface area (Å²) in [6.45, 7) is 4.69. The Kier molecular flexibility index (Phi) is 7.36. The van der Waals surface area contributed by atoms with Crippen LogP contribution in [0.4, 0.5) is 14.7 Å². The van der Waals surface area contributed by atoms with E-state index in [9.17, 15) is 13.6 Å². The molecule has 5 aromatic rings. The topological polar surface area (TPSA) is 97.6 Å². The molecule has 38 heavy (non-hydrogen) atoms. The third kappa shape index (κ3) is 5.37. The van der Waals surface area contributed by atoms with E-state index >= 15 is 0 Å². The van der Waals surface area contributed by atoms with Gasteiger partial charge in [-0.3, -0.25) is 9.48 Å². The molecule has 11 heteroatoms. The van der Waals surface area contributed by atoms with E-state index in [1.165, 1.54) is 23.5 Å². The van der Waals surface area contributed by atoms with E-state index in [4.69, 9.17) is 0 Å². The van der Waals surface area contributed by atoms with Crippen LogP contribution in [-0.4, -0.2) is 37.4 Å². The lowest BCUT2D eigenvalue weighted by atomic mass is 9.94. The molecule has 3 heterocycles. The lowest BCUT2D eigenvalue weighted by Gasteiger charge is -2.18. The van der Waals surface area contributed by atoms with Crippen molar-refractivity contribution in [3.8, 4) is 21.7 Å². The van der Waals surface area contributed by atoms with Crippen molar-refractivity contribution in [3.05, 3.63) is 78.3 Å². The van der Waals surface area contributed by atoms with E-state index in [2.05, 4.69) is 30.9 Å². The van der Waals surface area contributed by atoms with Gasteiger partial charge in [0.15, 0.2) is 5.82 Å². The van der Waals surface area contributed by atoms with Gasteiger partial charge in [-0.25, -0.2) is 18.7 Å². The first-order valence-electron chi connectivity index (χ1n) is 12.2. The molecule has 1 unspecified atom stereocenters. The Morgan fingerprint density at radius 3 is 2.82 bits per heavy atom. The number of aromatic nitrogens is 5. The molecule has 0 fully saturated rings. The lowest BCUT2D eigenvalue weighted by Crippen LogP contribution is -2.26. The molecule has 0 saturated carbocycles. The average Bonchev–Trinajstić information content (AvgIpc) is 3.59. The Hall–Kier alpha value is -4.25. The number of hydrogen-bond donors (Lipinski definition) is 2. The number of rotatable bonds is 9. The van der Waals surface area contributed by atoms with Gasteiger partial charge in [0, 0.05) is 23.9 Å². The van der Waals surface area contributed by atoms with Gasteiger partial charge < -0.3 is 10.6 Å². The number of carbonyl (C=O) groups excluding carboxylic acids is 1. The average molecular weight is 534 g/mol. The first-order chi connectivity index (χ1) is 18.4. The largest absolute Gasteiger partial charge is 0.352 e. The molecule has 3 aromatic heterocycles. The molecule has 0 saturated heterocycles. The molecule has 5 rings (SSSR count). The SMILES string of the molecule is CCC(=O)NC(C)c1ccc(F)cc1-c1cccc2cc(-c3nc(NCCn4ccnn4)ncc3F)sc12. The van der Waals surface area contributed by atoms with E-state index in [0.29, 0.717) is 35.9 Å². The second-order valence-electron chi connectivity index (χ2n) is 8.69. The lowest BCUT2D eigenvalue weighted by molar-refractivity contribution is -0.121. The minimum Gasteiger partial charge on any atom is -0.352 e. The fourth-order valence-corrected chi connectivity index (χ4v) is 5.39. The maximum Gasteiger partial charge on any atom is 0.223 e. The van der Waals surface area contributed by atoms with Crippen LogP contribution < -0.4 is 10.6 Å². The van der Waals surface area contributed by atoms with Crippen LogP contribution in [0.25, 0.3) is 31.8 Å². The van der Waals surface area contributed by atoms with Crippen LogP contribution in [0.3, 0.4) is 0 Å². The van der Waals surface area contributed by atoms with Crippen LogP contribution in [0.5, 0.6) is 0 Å². The Bertz CT molecular complexity index is 1590. The Morgan fingerprint density at radius 1 is 1.16 bits per heavy atom. The smallest absolute Gasteiger partial charge is 0.223 e. The third-order valence-corrected chi connectivity index (χ3v) is 7.28. The van der Waals surface area contributed by atoms with Crippen molar-refractivity contribution in [1.82, 2.24) is 30.3 Å². The molecule has 0 aliphatic rings. The minimum atomic E-state index is -0.540. The van der Waals surface area contributed by atoms with Gasteiger partial charge in [0.25, 0.3) is 0 Å². The maximum absolute atomic E-state index is 14.9. The van der Waals surface area contributed by atoms with Gasteiger partial charge in [-0.05, 0) is 47.2 Å². The number of carbonyl (C=O) groups is 1. The molecular weight excluding hydrogens is 508 g/mol. The monoisotopic (exact) mass is 533 g/mol. The zero-order valence-electron chi connectivity index (χ0n) is 20.8. The first kappa shape index (κ1) is 25.4. The summed E-state index contributed by atoms with van der Waals surface area (Å²) < 4.78 is 31.8. The number of nitrogens with one attached hydrogen (secondary N) is 2. The Labute approximate surface area is 221 Å². The van der Waals surface area contributed by atoms with Crippen LogP contribution in [0.15, 0.2) is 61.1 Å². The summed E-state index contributed by atoms with van der Waals surface area (Å²) in [5, 5.41) is 14.6. The van der Waals surface area contributed by atoms with Crippen molar-refractivity contribution < 1.29 is 13.6 Å². The van der Waals surface area contributed by atoms with E-state index in [0.717, 1.165) is 27.4 Å². The highest BCUT2D eigenvalue weighted by Gasteiger charge is 2.19. The van der Waals surface area contributed by atoms with Gasteiger partial charge in [0.2, 0.25) is 11.9 Å². The molecule has 0 aliphatic heterocycles. The molecule has 2 N–H and O–H groups in total. The van der Waals surface area contributed by atoms with E-state index in [1.807, 2.05) is 31.2 Å². The van der Waals surface area contributed by atoms with Gasteiger partial charge in [0.05, 0.1) is 29.9 Å². The van der Waals surface area contributed by atoms with E-state index < -0.39 is 5.82 Å². The molecule has 194 valence electrons. The highest BCUT2D eigenvalue weighted by Crippen LogP contribution is 2.41. The van der Waals surface area contributed by atoms with Crippen LogP contribution >= 0.6 is 11.3 Å². The van der Waals surface area contributed by atoms with Crippen molar-refractivity contribution >= 4 is 33.3 Å². The summed E-state index contributed by atoms with van der Waals surface area (Å²) >= 11 is 1.37. The summed E-state index contributed by atoms with van der Waals surface area (Å²) in [4.78, 5) is 21.1. The molecular formula is C27H25F2N7OS. The van der Waals surface area contributed by atoms with Crippen molar-refractivity contribution in [2.75, 3.05) is 11.9 Å². The number of thiophene rings is 1. The Balaban J connectivity index is 1.50. The number of nitrogens with zero attached hydrogens (tertiary/aromatic N) is 5. The molecule has 8 nitrogen and oxygen atoms in total. The second-order valence-corrected chi connectivity index (χ2v) is 9.74. The van der Waals surface area contributed by atoms with Gasteiger partial charge in [-0.2, -0.15) is 0 Å². The fraction of sp³-hybridized carbons (Fsp3) is 0.222. The quantitative estimate of drug-likeness (QED) is 0.256. The van der Waals surface area contributed by atoms with Crippen LogP contribution in [-0.2, 0) is 11.3 Å². The fourth-order valence-electron chi connectivity index (χ4n) is 4.21. The summed E-state index contributed by atoms with van der Waals surface area (Å²) in [5.74, 6) is -0.710. The number of benzene rings is 2. The predicted octanol–water partition coefficient (Wildman–Crippen LogP) is 5.59. The number of fused-ring (bicyclic) bond motifs is 1. The molecule has 0 spiro atoms. The summed E-state index contributed by atoms with van der Waals surface area (Å²) in [5.41, 5.74) is 2.44. The van der Waals surface area contributed by atoms with Gasteiger partial charge in [0.1, 0.15) is 11.5 Å². The number of hydrogen-bond acceptors (Lipinski definition) is 7. The maximum atomic E-state index is 14.9. The number of amides is 1. The van der Waals surface area contributed by atoms with Crippen molar-refractivity contribution in [3.63, 3.8) is 0 Å². The van der Waals surface area contributed by atoms with E-state index in [-0.39, 0.29) is 23.5 Å². The first-order valence-corrected chi connectivity index (χ1v) is 13.0. The highest BCUT2D eigenvalue weighted by atomic mass is 32.1. The normalized spacial score (nSPS) is 12.0. The van der Waals surface area contributed by atoms with Crippen LogP contribution in [0, 0.1) is 11.6 Å². The van der Waals surface area contributed by atoms with Crippen molar-refractivity contribution in [2.45, 2.75) is 32.9 Å². The zero-order chi connectivity index (χ0) is 26.6. The predicted molar refractivity (Wildman–Crippen MR) is 144 cm³/mol. The third-order valence-electron chi connectivity index (χ3n) is 6.09. The standard InChI is InChI=1S/C27H25F2N7OS/c1-3-24(37)33-16(2)19-8-7-18(28)14-21(19)20-6-4-5-17-13-23(38-26(17)20)25-22(29)15-31-27(34-25)30-9-11-36-12-10-32-35-36/h4-8,10,12-16H,3,9,11H2,1-2H3,(H,33,37)(H,30,31,34). The number of halogens is 2. The molecule has 0 aliphatic carbocycles. The summed E-state index contributed by atoms with van der Waals surface area (Å²) in [6, 6.07) is 11.8. The van der Waals surface area contributed by atoms with Gasteiger partial charge in [-0.15, -0.1) is 16.4 Å². The molecule has 0 radical (unpaired) electrons. The number of anilines is 1. The summed E-state index contributed by atoms with van der Waals surface area (Å²) in [7, 11) is 0. The second kappa shape index (κ2) is 11.0. The minimum absolute atomic E-state index is 0.0886. The zero-order valence-corrected chi connectivity index (χ0v) is 21.6. The molecule has 1 atom stereocenters. The summed E-state index contributed by atoms with van der Waals surface area (Å²) in [6.07, 6.45) is 4.84. The van der Waals surface area contributed by atoms with E-state index in [1.54, 1.807) is 30.1 Å². The molecule has 1 amide bonds. The van der Waals surface area contributed by atoms with Crippen LogP contribution in [0.1, 0.15) is 31.9 Å². The van der Waals surface area contributed by atoms with Crippen molar-refractivity contribution in [1.29, 1.82) is 0 Å². The molecule has 0 bridgehead atoms. The van der Waals surface area contributed by atoms with Gasteiger partial charge >= 0.3 is 0 Å². The highest BCUT2D eigenvalue weighted by molar-refractivity contribution is 7.22. The van der Waals surface area contributed by atoms with Crippen molar-refractivity contribution in [2.24, 2.45) is 0 Å².